The summed E-state index contributed by atoms with van der Waals surface area (Å²) in [4.78, 5) is 69.9. The highest BCUT2D eigenvalue weighted by molar-refractivity contribution is 5.96. The van der Waals surface area contributed by atoms with E-state index in [0.29, 0.717) is 24.8 Å². The molecule has 0 radical (unpaired) electrons. The Morgan fingerprint density at radius 2 is 1.67 bits per heavy atom. The molecule has 1 aromatic rings. The van der Waals surface area contributed by atoms with Crippen LogP contribution in [0.2, 0.25) is 0 Å². The third-order valence-electron chi connectivity index (χ3n) is 7.39. The van der Waals surface area contributed by atoms with Crippen molar-refractivity contribution in [1.29, 1.82) is 0 Å². The number of rotatable bonds is 17. The summed E-state index contributed by atoms with van der Waals surface area (Å²) in [6.07, 6.45) is 0.797. The van der Waals surface area contributed by atoms with Crippen LogP contribution in [-0.4, -0.2) is 105 Å². The highest BCUT2D eigenvalue weighted by Crippen LogP contribution is 2.20. The molecule has 6 atom stereocenters. The number of nitrogens with one attached hydrogen (secondary N) is 3. The molecule has 1 aliphatic rings. The second-order valence-corrected chi connectivity index (χ2v) is 11.1. The van der Waals surface area contributed by atoms with Gasteiger partial charge < -0.3 is 53.4 Å². The van der Waals surface area contributed by atoms with Gasteiger partial charge in [0.2, 0.25) is 23.6 Å². The number of nitrogens with two attached hydrogens (primary N) is 3. The SMILES string of the molecule is CCC[C@H](NC(=O)[C@H](Cc1ccc(O)cc1)NC(=O)[C@@H](N)CCCN=C(N)N)C(=O)N1CCC[C@H]1C(=O)N[C@H](C(=O)O)[C@@H](C)O. The van der Waals surface area contributed by atoms with Crippen LogP contribution < -0.4 is 33.2 Å². The van der Waals surface area contributed by atoms with Crippen molar-refractivity contribution in [1.82, 2.24) is 20.9 Å². The Kier molecular flexibility index (Phi) is 14.5. The molecule has 4 amide bonds. The van der Waals surface area contributed by atoms with E-state index in [0.717, 1.165) is 0 Å². The molecule has 1 saturated heterocycles. The molecule has 1 aliphatic heterocycles. The molecule has 16 nitrogen and oxygen atoms in total. The number of hydrogen-bond donors (Lipinski definition) is 9. The van der Waals surface area contributed by atoms with Crippen LogP contribution >= 0.6 is 0 Å². The topological polar surface area (TPSA) is 276 Å². The van der Waals surface area contributed by atoms with Crippen LogP contribution in [-0.2, 0) is 30.4 Å². The molecule has 0 spiro atoms. The monoisotopic (exact) mass is 634 g/mol. The third-order valence-corrected chi connectivity index (χ3v) is 7.39. The van der Waals surface area contributed by atoms with Crippen LogP contribution in [0.25, 0.3) is 0 Å². The lowest BCUT2D eigenvalue weighted by molar-refractivity contribution is -0.147. The van der Waals surface area contributed by atoms with E-state index in [2.05, 4.69) is 20.9 Å². The zero-order valence-corrected chi connectivity index (χ0v) is 25.6. The first-order valence-corrected chi connectivity index (χ1v) is 15.0. The Bertz CT molecular complexity index is 1210. The number of aliphatic hydroxyl groups is 1. The summed E-state index contributed by atoms with van der Waals surface area (Å²) in [7, 11) is 0. The number of aliphatic carboxylic acids is 1. The van der Waals surface area contributed by atoms with E-state index in [9.17, 15) is 39.3 Å². The number of nitrogens with zero attached hydrogens (tertiary/aromatic N) is 2. The first kappa shape index (κ1) is 36.8. The number of likely N-dealkylation sites (tertiary alicyclic amines) is 1. The number of amides is 4. The van der Waals surface area contributed by atoms with Crippen molar-refractivity contribution in [2.75, 3.05) is 13.1 Å². The Balaban J connectivity index is 2.21. The number of guanidine groups is 1. The smallest absolute Gasteiger partial charge is 0.328 e. The van der Waals surface area contributed by atoms with E-state index >= 15 is 0 Å². The highest BCUT2D eigenvalue weighted by Gasteiger charge is 2.40. The van der Waals surface area contributed by atoms with Crippen LogP contribution in [0.5, 0.6) is 5.75 Å². The molecule has 16 heteroatoms. The van der Waals surface area contributed by atoms with Crippen LogP contribution in [0.15, 0.2) is 29.3 Å². The largest absolute Gasteiger partial charge is 0.508 e. The number of phenols is 1. The number of phenolic OH excluding ortho intramolecular Hbond substituents is 1. The van der Waals surface area contributed by atoms with Gasteiger partial charge in [-0.05, 0) is 56.7 Å². The molecule has 45 heavy (non-hydrogen) atoms. The summed E-state index contributed by atoms with van der Waals surface area (Å²) in [6.45, 7) is 3.53. The molecule has 250 valence electrons. The van der Waals surface area contributed by atoms with Gasteiger partial charge in [-0.1, -0.05) is 25.5 Å². The van der Waals surface area contributed by atoms with E-state index in [4.69, 9.17) is 17.2 Å². The maximum atomic E-state index is 13.7. The van der Waals surface area contributed by atoms with Crippen molar-refractivity contribution >= 4 is 35.6 Å². The van der Waals surface area contributed by atoms with E-state index in [1.807, 2.05) is 6.92 Å². The van der Waals surface area contributed by atoms with Crippen molar-refractivity contribution in [2.24, 2.45) is 22.2 Å². The van der Waals surface area contributed by atoms with Crippen molar-refractivity contribution in [3.63, 3.8) is 0 Å². The summed E-state index contributed by atoms with van der Waals surface area (Å²) in [5.41, 5.74) is 17.3. The van der Waals surface area contributed by atoms with Crippen LogP contribution in [0.1, 0.15) is 57.9 Å². The number of aromatic hydroxyl groups is 1. The average molecular weight is 635 g/mol. The van der Waals surface area contributed by atoms with Gasteiger partial charge in [0.1, 0.15) is 23.9 Å². The second-order valence-electron chi connectivity index (χ2n) is 11.1. The van der Waals surface area contributed by atoms with Gasteiger partial charge in [-0.3, -0.25) is 24.2 Å². The number of carbonyl (C=O) groups excluding carboxylic acids is 4. The summed E-state index contributed by atoms with van der Waals surface area (Å²) < 4.78 is 0. The molecule has 0 bridgehead atoms. The molecule has 0 unspecified atom stereocenters. The lowest BCUT2D eigenvalue weighted by Gasteiger charge is -2.30. The van der Waals surface area contributed by atoms with E-state index in [1.54, 1.807) is 12.1 Å². The van der Waals surface area contributed by atoms with Gasteiger partial charge in [-0.15, -0.1) is 0 Å². The number of aliphatic hydroxyl groups excluding tert-OH is 1. The standard InChI is InChI=1S/C29H46N8O8/c1-3-6-20(27(43)37-14-5-8-22(37)26(42)36-23(16(2)38)28(44)45)34-25(41)21(15-17-9-11-18(39)12-10-17)35-24(40)19(30)7-4-13-33-29(31)32/h9-12,16,19-23,38-39H,3-8,13-15,30H2,1-2H3,(H,34,41)(H,35,40)(H,36,42)(H,44,45)(H4,31,32,33)/t16-,19+,20+,21+,22+,23+/m1/s1. The summed E-state index contributed by atoms with van der Waals surface area (Å²) in [6, 6.07) is 0.372. The minimum absolute atomic E-state index is 0.0208. The van der Waals surface area contributed by atoms with Gasteiger partial charge in [0, 0.05) is 19.5 Å². The van der Waals surface area contributed by atoms with Gasteiger partial charge in [0.15, 0.2) is 12.0 Å². The quantitative estimate of drug-likeness (QED) is 0.0515. The van der Waals surface area contributed by atoms with Gasteiger partial charge in [-0.2, -0.15) is 0 Å². The predicted octanol–water partition coefficient (Wildman–Crippen LogP) is -1.97. The van der Waals surface area contributed by atoms with Gasteiger partial charge in [0.25, 0.3) is 0 Å². The lowest BCUT2D eigenvalue weighted by atomic mass is 10.0. The fourth-order valence-corrected chi connectivity index (χ4v) is 4.97. The molecule has 1 heterocycles. The van der Waals surface area contributed by atoms with Crippen molar-refractivity contribution < 1.29 is 39.3 Å². The van der Waals surface area contributed by atoms with E-state index in [1.165, 1.54) is 24.0 Å². The highest BCUT2D eigenvalue weighted by atomic mass is 16.4. The normalized spacial score (nSPS) is 17.7. The molecule has 1 aromatic carbocycles. The van der Waals surface area contributed by atoms with Crippen molar-refractivity contribution in [2.45, 2.75) is 95.1 Å². The van der Waals surface area contributed by atoms with Gasteiger partial charge >= 0.3 is 5.97 Å². The maximum absolute atomic E-state index is 13.7. The minimum Gasteiger partial charge on any atom is -0.508 e. The maximum Gasteiger partial charge on any atom is 0.328 e. The molecule has 2 rings (SSSR count). The number of carboxylic acid groups (broad SMARTS) is 1. The van der Waals surface area contributed by atoms with Crippen LogP contribution in [0.3, 0.4) is 0 Å². The number of benzene rings is 1. The first-order valence-electron chi connectivity index (χ1n) is 15.0. The zero-order chi connectivity index (χ0) is 33.7. The summed E-state index contributed by atoms with van der Waals surface area (Å²) in [5, 5.41) is 36.4. The number of carboxylic acids is 1. The fourth-order valence-electron chi connectivity index (χ4n) is 4.97. The predicted molar refractivity (Wildman–Crippen MR) is 164 cm³/mol. The van der Waals surface area contributed by atoms with Gasteiger partial charge in [-0.25, -0.2) is 4.79 Å². The average Bonchev–Trinajstić information content (AvgIpc) is 3.47. The van der Waals surface area contributed by atoms with Crippen molar-refractivity contribution in [3.8, 4) is 5.75 Å². The van der Waals surface area contributed by atoms with Gasteiger partial charge in [0.05, 0.1) is 12.1 Å². The molecule has 12 N–H and O–H groups in total. The molecule has 0 saturated carbocycles. The zero-order valence-electron chi connectivity index (χ0n) is 25.6. The molecule has 1 fully saturated rings. The second kappa shape index (κ2) is 17.8. The first-order chi connectivity index (χ1) is 21.2. The Morgan fingerprint density at radius 3 is 2.24 bits per heavy atom. The van der Waals surface area contributed by atoms with Crippen LogP contribution in [0, 0.1) is 0 Å². The van der Waals surface area contributed by atoms with Crippen molar-refractivity contribution in [3.05, 3.63) is 29.8 Å². The van der Waals surface area contributed by atoms with E-state index in [-0.39, 0.29) is 50.5 Å². The summed E-state index contributed by atoms with van der Waals surface area (Å²) in [5.74, 6) is -3.98. The van der Waals surface area contributed by atoms with E-state index < -0.39 is 65.9 Å². The molecule has 0 aromatic heterocycles. The molecular weight excluding hydrogens is 588 g/mol. The molecular formula is C29H46N8O8. The number of carbonyl (C=O) groups is 5. The number of aliphatic imine (C=N–C) groups is 1. The Labute approximate surface area is 261 Å². The van der Waals surface area contributed by atoms with Crippen LogP contribution in [0.4, 0.5) is 0 Å². The Morgan fingerprint density at radius 1 is 1.02 bits per heavy atom. The lowest BCUT2D eigenvalue weighted by Crippen LogP contribution is -2.59. The third kappa shape index (κ3) is 11.5. The molecule has 0 aliphatic carbocycles. The minimum atomic E-state index is -1.55. The fraction of sp³-hybridized carbons (Fsp3) is 0.586. The number of hydrogen-bond acceptors (Lipinski definition) is 9. The summed E-state index contributed by atoms with van der Waals surface area (Å²) >= 11 is 0. The Hall–Kier alpha value is -4.44.